The lowest BCUT2D eigenvalue weighted by Crippen LogP contribution is -1.85. The zero-order valence-electron chi connectivity index (χ0n) is 26.2. The van der Waals surface area contributed by atoms with Gasteiger partial charge >= 0.3 is 0 Å². The summed E-state index contributed by atoms with van der Waals surface area (Å²) in [4.78, 5) is 14.6. The average Bonchev–Trinajstić information content (AvgIpc) is 3.82. The summed E-state index contributed by atoms with van der Waals surface area (Å²) in [7, 11) is 0. The first kappa shape index (κ1) is 32.9. The number of hydrogen-bond donors (Lipinski definition) is 2. The molecule has 0 aliphatic heterocycles. The van der Waals surface area contributed by atoms with Gasteiger partial charge in [-0.15, -0.1) is 34.0 Å². The van der Waals surface area contributed by atoms with Gasteiger partial charge in [0.25, 0.3) is 0 Å². The minimum atomic E-state index is 0.193. The fourth-order valence-electron chi connectivity index (χ4n) is 5.16. The number of phenolic OH excluding ortho intramolecular Hbond substituents is 2. The van der Waals surface area contributed by atoms with Crippen molar-refractivity contribution in [2.75, 3.05) is 0 Å². The second-order valence-electron chi connectivity index (χ2n) is 11.4. The lowest BCUT2D eigenvalue weighted by atomic mass is 10.1. The Morgan fingerprint density at radius 2 is 1.04 bits per heavy atom. The summed E-state index contributed by atoms with van der Waals surface area (Å²) < 4.78 is 0. The first-order valence-electron chi connectivity index (χ1n) is 16.0. The molecule has 5 rings (SSSR count). The summed E-state index contributed by atoms with van der Waals surface area (Å²) in [5, 5.41) is 25.0. The Kier molecular flexibility index (Phi) is 12.2. The molecule has 0 amide bonds. The van der Waals surface area contributed by atoms with Gasteiger partial charge in [-0.2, -0.15) is 0 Å². The molecule has 0 atom stereocenters. The molecule has 7 heteroatoms. The highest BCUT2D eigenvalue weighted by Gasteiger charge is 2.09. The number of phenols is 2. The number of rotatable bonds is 16. The van der Waals surface area contributed by atoms with Gasteiger partial charge in [0.1, 0.15) is 11.5 Å². The molecule has 0 unspecified atom stereocenters. The first-order valence-corrected chi connectivity index (χ1v) is 18.6. The van der Waals surface area contributed by atoms with E-state index in [2.05, 4.69) is 48.1 Å². The smallest absolute Gasteiger partial charge is 0.124 e. The van der Waals surface area contributed by atoms with E-state index in [9.17, 15) is 10.2 Å². The molecule has 0 spiro atoms. The van der Waals surface area contributed by atoms with Crippen LogP contribution in [0, 0.1) is 0 Å². The maximum atomic E-state index is 10.6. The van der Waals surface area contributed by atoms with E-state index in [0.717, 1.165) is 24.0 Å². The summed E-state index contributed by atoms with van der Waals surface area (Å²) in [6, 6.07) is 20.2. The van der Waals surface area contributed by atoms with Gasteiger partial charge < -0.3 is 10.2 Å². The normalized spacial score (nSPS) is 11.8. The fraction of sp³-hybridized carbons (Fsp3) is 0.316. The molecule has 45 heavy (non-hydrogen) atoms. The lowest BCUT2D eigenvalue weighted by molar-refractivity contribution is 0.474. The summed E-state index contributed by atoms with van der Waals surface area (Å²) in [6.45, 7) is 4.48. The van der Waals surface area contributed by atoms with Crippen LogP contribution >= 0.6 is 34.0 Å². The van der Waals surface area contributed by atoms with Crippen LogP contribution in [0.25, 0.3) is 20.9 Å². The van der Waals surface area contributed by atoms with Gasteiger partial charge in [-0.25, -0.2) is 0 Å². The second kappa shape index (κ2) is 16.7. The Morgan fingerprint density at radius 1 is 0.578 bits per heavy atom. The van der Waals surface area contributed by atoms with Crippen molar-refractivity contribution in [2.24, 2.45) is 9.98 Å². The SMILES string of the molecule is CCCCCCc1ccc(-c2ccc(O)c(C=Nc3cscc3N=Cc3cc(-c4ccc(CCCCCC)s4)ccc3O)c2)s1. The molecule has 2 aromatic carbocycles. The molecule has 3 aromatic heterocycles. The minimum absolute atomic E-state index is 0.193. The van der Waals surface area contributed by atoms with E-state index in [1.54, 1.807) is 24.6 Å². The van der Waals surface area contributed by atoms with Crippen molar-refractivity contribution in [3.8, 4) is 32.4 Å². The monoisotopic (exact) mass is 654 g/mol. The Morgan fingerprint density at radius 3 is 1.49 bits per heavy atom. The highest BCUT2D eigenvalue weighted by Crippen LogP contribution is 2.36. The summed E-state index contributed by atoms with van der Waals surface area (Å²) in [5.74, 6) is 0.386. The van der Waals surface area contributed by atoms with E-state index >= 15 is 0 Å². The van der Waals surface area contributed by atoms with Crippen LogP contribution in [-0.4, -0.2) is 22.6 Å². The summed E-state index contributed by atoms with van der Waals surface area (Å²) in [6.07, 6.45) is 15.7. The number of hydrogen-bond acceptors (Lipinski definition) is 7. The van der Waals surface area contributed by atoms with Crippen LogP contribution in [0.2, 0.25) is 0 Å². The van der Waals surface area contributed by atoms with Crippen molar-refractivity contribution in [3.63, 3.8) is 0 Å². The van der Waals surface area contributed by atoms with Crippen molar-refractivity contribution in [1.29, 1.82) is 0 Å². The topological polar surface area (TPSA) is 65.2 Å². The number of aryl methyl sites for hydroxylation is 2. The molecule has 0 bridgehead atoms. The molecule has 2 N–H and O–H groups in total. The van der Waals surface area contributed by atoms with Crippen LogP contribution in [0.15, 0.2) is 81.4 Å². The summed E-state index contributed by atoms with van der Waals surface area (Å²) >= 11 is 5.17. The molecule has 0 radical (unpaired) electrons. The van der Waals surface area contributed by atoms with Crippen LogP contribution in [0.4, 0.5) is 11.4 Å². The minimum Gasteiger partial charge on any atom is -0.507 e. The highest BCUT2D eigenvalue weighted by atomic mass is 32.1. The quantitative estimate of drug-likeness (QED) is 0.0821. The Labute approximate surface area is 279 Å². The van der Waals surface area contributed by atoms with Gasteiger partial charge in [0, 0.05) is 53.8 Å². The maximum Gasteiger partial charge on any atom is 0.124 e. The number of thiophene rings is 3. The van der Waals surface area contributed by atoms with Crippen LogP contribution in [-0.2, 0) is 12.8 Å². The number of aromatic hydroxyl groups is 2. The van der Waals surface area contributed by atoms with Gasteiger partial charge in [0.05, 0.1) is 11.4 Å². The van der Waals surface area contributed by atoms with Crippen LogP contribution in [0.5, 0.6) is 11.5 Å². The molecule has 0 aliphatic rings. The van der Waals surface area contributed by atoms with E-state index < -0.39 is 0 Å². The van der Waals surface area contributed by atoms with Gasteiger partial charge in [-0.05, 0) is 97.5 Å². The second-order valence-corrected chi connectivity index (χ2v) is 14.4. The molecular weight excluding hydrogens is 613 g/mol. The molecule has 234 valence electrons. The number of aliphatic imine (C=N–C) groups is 2. The number of unbranched alkanes of at least 4 members (excludes halogenated alkanes) is 6. The first-order chi connectivity index (χ1) is 22.0. The standard InChI is InChI=1S/C38H42N2O2S3/c1-3-5-7-9-11-31-15-19-37(44-31)27-13-17-35(41)29(21-27)23-39-33-25-43-26-34(33)40-24-30-22-28(14-18-36(30)42)38-20-16-32(45-38)12-10-8-6-4-2/h13-26,41-42H,3-12H2,1-2H3. The lowest BCUT2D eigenvalue weighted by Gasteiger charge is -2.04. The van der Waals surface area contributed by atoms with Crippen LogP contribution < -0.4 is 0 Å². The Balaban J connectivity index is 1.27. The Bertz CT molecular complexity index is 1600. The molecule has 3 heterocycles. The molecular formula is C38H42N2O2S3. The van der Waals surface area contributed by atoms with Gasteiger partial charge in [-0.1, -0.05) is 52.4 Å². The average molecular weight is 655 g/mol. The Hall–Kier alpha value is -3.52. The maximum absolute atomic E-state index is 10.6. The van der Waals surface area contributed by atoms with Gasteiger partial charge in [-0.3, -0.25) is 9.98 Å². The fourth-order valence-corrected chi connectivity index (χ4v) is 7.94. The third-order valence-corrected chi connectivity index (χ3v) is 10.9. The zero-order chi connectivity index (χ0) is 31.4. The van der Waals surface area contributed by atoms with Crippen molar-refractivity contribution in [2.45, 2.75) is 78.1 Å². The van der Waals surface area contributed by atoms with Gasteiger partial charge in [0.15, 0.2) is 0 Å². The van der Waals surface area contributed by atoms with Crippen molar-refractivity contribution in [1.82, 2.24) is 0 Å². The van der Waals surface area contributed by atoms with E-state index in [0.29, 0.717) is 22.5 Å². The number of benzene rings is 2. The van der Waals surface area contributed by atoms with Gasteiger partial charge in [0.2, 0.25) is 0 Å². The molecule has 0 saturated heterocycles. The molecule has 0 saturated carbocycles. The molecule has 0 aliphatic carbocycles. The number of nitrogens with zero attached hydrogens (tertiary/aromatic N) is 2. The third kappa shape index (κ3) is 9.25. The van der Waals surface area contributed by atoms with E-state index in [-0.39, 0.29) is 11.5 Å². The van der Waals surface area contributed by atoms with E-state index in [1.165, 1.54) is 82.2 Å². The van der Waals surface area contributed by atoms with Crippen LogP contribution in [0.3, 0.4) is 0 Å². The molecule has 0 fully saturated rings. The van der Waals surface area contributed by atoms with Crippen molar-refractivity contribution in [3.05, 3.63) is 92.3 Å². The molecule has 4 nitrogen and oxygen atoms in total. The predicted octanol–water partition coefficient (Wildman–Crippen LogP) is 12.4. The zero-order valence-corrected chi connectivity index (χ0v) is 28.6. The van der Waals surface area contributed by atoms with Crippen LogP contribution in [0.1, 0.15) is 86.1 Å². The largest absolute Gasteiger partial charge is 0.507 e. The van der Waals surface area contributed by atoms with Crippen molar-refractivity contribution >= 4 is 57.8 Å². The summed E-state index contributed by atoms with van der Waals surface area (Å²) in [5.41, 5.74) is 4.91. The highest BCUT2D eigenvalue weighted by molar-refractivity contribution is 7.15. The van der Waals surface area contributed by atoms with E-state index in [4.69, 9.17) is 0 Å². The van der Waals surface area contributed by atoms with E-state index in [1.807, 2.05) is 57.7 Å². The third-order valence-electron chi connectivity index (χ3n) is 7.81. The molecule has 5 aromatic rings. The van der Waals surface area contributed by atoms with Crippen molar-refractivity contribution < 1.29 is 10.2 Å². The predicted molar refractivity (Wildman–Crippen MR) is 197 cm³/mol.